The van der Waals surface area contributed by atoms with E-state index in [0.717, 1.165) is 6.42 Å². The molecule has 2 atom stereocenters. The van der Waals surface area contributed by atoms with Crippen molar-refractivity contribution in [3.8, 4) is 0 Å². The van der Waals surface area contributed by atoms with Crippen LogP contribution in [0.25, 0.3) is 0 Å². The Balaban J connectivity index is 2.50. The fourth-order valence-electron chi connectivity index (χ4n) is 1.61. The largest absolute Gasteiger partial charge is 0.393 e. The van der Waals surface area contributed by atoms with Crippen molar-refractivity contribution in [3.05, 3.63) is 34.6 Å². The van der Waals surface area contributed by atoms with Crippen LogP contribution >= 0.6 is 11.6 Å². The van der Waals surface area contributed by atoms with Gasteiger partial charge in [0.25, 0.3) is 0 Å². The molecule has 1 aromatic carbocycles. The lowest BCUT2D eigenvalue weighted by atomic mass is 10.0. The molecule has 17 heavy (non-hydrogen) atoms. The zero-order valence-electron chi connectivity index (χ0n) is 10.1. The van der Waals surface area contributed by atoms with Crippen molar-refractivity contribution in [2.45, 2.75) is 38.4 Å². The fourth-order valence-corrected chi connectivity index (χ4v) is 1.80. The standard InChI is InChI=1S/C13H18ClFO2/c1-9(17-2)6-7-11(16)8-10-4-3-5-12(14)13(10)15/h3-5,9,11,16H,6-8H2,1-2H3. The molecule has 4 heteroatoms. The summed E-state index contributed by atoms with van der Waals surface area (Å²) in [6, 6.07) is 4.83. The highest BCUT2D eigenvalue weighted by atomic mass is 35.5. The van der Waals surface area contributed by atoms with E-state index in [4.69, 9.17) is 16.3 Å². The Morgan fingerprint density at radius 1 is 1.41 bits per heavy atom. The quantitative estimate of drug-likeness (QED) is 0.851. The van der Waals surface area contributed by atoms with E-state index in [2.05, 4.69) is 0 Å². The molecule has 0 aromatic heterocycles. The SMILES string of the molecule is COC(C)CCC(O)Cc1cccc(Cl)c1F. The van der Waals surface area contributed by atoms with Gasteiger partial charge in [0.15, 0.2) is 0 Å². The second kappa shape index (κ2) is 6.94. The van der Waals surface area contributed by atoms with E-state index in [9.17, 15) is 9.50 Å². The summed E-state index contributed by atoms with van der Waals surface area (Å²) in [6.45, 7) is 1.94. The molecule has 2 unspecified atom stereocenters. The van der Waals surface area contributed by atoms with Crippen LogP contribution in [0.4, 0.5) is 4.39 Å². The first kappa shape index (κ1) is 14.4. The van der Waals surface area contributed by atoms with E-state index in [0.29, 0.717) is 12.0 Å². The summed E-state index contributed by atoms with van der Waals surface area (Å²) >= 11 is 5.67. The van der Waals surface area contributed by atoms with Crippen molar-refractivity contribution >= 4 is 11.6 Å². The van der Waals surface area contributed by atoms with Gasteiger partial charge in [0, 0.05) is 13.5 Å². The van der Waals surface area contributed by atoms with Gasteiger partial charge in [0.2, 0.25) is 0 Å². The van der Waals surface area contributed by atoms with Gasteiger partial charge in [0.05, 0.1) is 17.2 Å². The van der Waals surface area contributed by atoms with E-state index >= 15 is 0 Å². The highest BCUT2D eigenvalue weighted by Crippen LogP contribution is 2.20. The van der Waals surface area contributed by atoms with Crippen LogP contribution in [0.5, 0.6) is 0 Å². The van der Waals surface area contributed by atoms with Gasteiger partial charge in [-0.3, -0.25) is 0 Å². The molecule has 2 nitrogen and oxygen atoms in total. The van der Waals surface area contributed by atoms with Crippen LogP contribution in [0.3, 0.4) is 0 Å². The first-order chi connectivity index (χ1) is 8.04. The third-order valence-corrected chi connectivity index (χ3v) is 3.09. The summed E-state index contributed by atoms with van der Waals surface area (Å²) in [5, 5.41) is 9.89. The molecule has 0 saturated carbocycles. The molecule has 0 amide bonds. The topological polar surface area (TPSA) is 29.5 Å². The van der Waals surface area contributed by atoms with Crippen LogP contribution in [-0.4, -0.2) is 24.4 Å². The van der Waals surface area contributed by atoms with Crippen molar-refractivity contribution in [2.75, 3.05) is 7.11 Å². The van der Waals surface area contributed by atoms with Crippen molar-refractivity contribution in [3.63, 3.8) is 0 Å². The molecule has 1 rings (SSSR count). The second-order valence-corrected chi connectivity index (χ2v) is 4.60. The smallest absolute Gasteiger partial charge is 0.145 e. The monoisotopic (exact) mass is 260 g/mol. The maximum Gasteiger partial charge on any atom is 0.145 e. The Labute approximate surface area is 106 Å². The van der Waals surface area contributed by atoms with E-state index in [1.165, 1.54) is 6.07 Å². The third kappa shape index (κ3) is 4.62. The summed E-state index contributed by atoms with van der Waals surface area (Å²) in [5.41, 5.74) is 0.454. The predicted octanol–water partition coefficient (Wildman–Crippen LogP) is 3.20. The van der Waals surface area contributed by atoms with Gasteiger partial charge in [-0.2, -0.15) is 0 Å². The molecule has 96 valence electrons. The number of benzene rings is 1. The van der Waals surface area contributed by atoms with Gasteiger partial charge in [-0.1, -0.05) is 23.7 Å². The number of rotatable bonds is 6. The van der Waals surface area contributed by atoms with Crippen molar-refractivity contribution < 1.29 is 14.2 Å². The Morgan fingerprint density at radius 3 is 2.76 bits per heavy atom. The Kier molecular flexibility index (Phi) is 5.89. The molecule has 0 radical (unpaired) electrons. The van der Waals surface area contributed by atoms with Gasteiger partial charge in [0.1, 0.15) is 5.82 Å². The van der Waals surface area contributed by atoms with Crippen LogP contribution in [0.2, 0.25) is 5.02 Å². The Hall–Kier alpha value is -0.640. The average Bonchev–Trinajstić information content (AvgIpc) is 2.32. The molecule has 0 aliphatic rings. The lowest BCUT2D eigenvalue weighted by Crippen LogP contribution is -2.15. The molecule has 1 aromatic rings. The van der Waals surface area contributed by atoms with E-state index in [1.807, 2.05) is 6.92 Å². The van der Waals surface area contributed by atoms with Crippen LogP contribution < -0.4 is 0 Å². The van der Waals surface area contributed by atoms with Crippen LogP contribution in [0, 0.1) is 5.82 Å². The first-order valence-corrected chi connectivity index (χ1v) is 6.06. The number of hydrogen-bond donors (Lipinski definition) is 1. The average molecular weight is 261 g/mol. The molecule has 0 heterocycles. The van der Waals surface area contributed by atoms with Gasteiger partial charge >= 0.3 is 0 Å². The Morgan fingerprint density at radius 2 is 2.12 bits per heavy atom. The number of methoxy groups -OCH3 is 1. The summed E-state index contributed by atoms with van der Waals surface area (Å²) in [6.07, 6.45) is 1.15. The first-order valence-electron chi connectivity index (χ1n) is 5.68. The van der Waals surface area contributed by atoms with Gasteiger partial charge in [-0.05, 0) is 31.4 Å². The maximum atomic E-state index is 13.6. The number of halogens is 2. The predicted molar refractivity (Wildman–Crippen MR) is 66.8 cm³/mol. The highest BCUT2D eigenvalue weighted by Gasteiger charge is 2.12. The van der Waals surface area contributed by atoms with E-state index < -0.39 is 11.9 Å². The molecular weight excluding hydrogens is 243 g/mol. The Bertz CT molecular complexity index is 357. The number of hydrogen-bond acceptors (Lipinski definition) is 2. The fraction of sp³-hybridized carbons (Fsp3) is 0.538. The second-order valence-electron chi connectivity index (χ2n) is 4.19. The molecule has 0 fully saturated rings. The van der Waals surface area contributed by atoms with E-state index in [-0.39, 0.29) is 17.5 Å². The van der Waals surface area contributed by atoms with Gasteiger partial charge < -0.3 is 9.84 Å². The van der Waals surface area contributed by atoms with Crippen LogP contribution in [-0.2, 0) is 11.2 Å². The van der Waals surface area contributed by atoms with Crippen LogP contribution in [0.15, 0.2) is 18.2 Å². The van der Waals surface area contributed by atoms with E-state index in [1.54, 1.807) is 19.2 Å². The molecule has 0 bridgehead atoms. The number of aliphatic hydroxyl groups is 1. The molecular formula is C13H18ClFO2. The van der Waals surface area contributed by atoms with Crippen molar-refractivity contribution in [1.29, 1.82) is 0 Å². The minimum atomic E-state index is -0.569. The maximum absolute atomic E-state index is 13.6. The summed E-state index contributed by atoms with van der Waals surface area (Å²) in [4.78, 5) is 0. The molecule has 0 aliphatic carbocycles. The lowest BCUT2D eigenvalue weighted by molar-refractivity contribution is 0.0849. The minimum Gasteiger partial charge on any atom is -0.393 e. The zero-order chi connectivity index (χ0) is 12.8. The normalized spacial score (nSPS) is 14.6. The molecule has 0 saturated heterocycles. The van der Waals surface area contributed by atoms with Gasteiger partial charge in [-0.15, -0.1) is 0 Å². The van der Waals surface area contributed by atoms with Gasteiger partial charge in [-0.25, -0.2) is 4.39 Å². The third-order valence-electron chi connectivity index (χ3n) is 2.80. The van der Waals surface area contributed by atoms with Crippen molar-refractivity contribution in [1.82, 2.24) is 0 Å². The number of aliphatic hydroxyl groups excluding tert-OH is 1. The summed E-state index contributed by atoms with van der Waals surface area (Å²) in [5.74, 6) is -0.437. The minimum absolute atomic E-state index is 0.0972. The summed E-state index contributed by atoms with van der Waals surface area (Å²) < 4.78 is 18.6. The van der Waals surface area contributed by atoms with Crippen LogP contribution in [0.1, 0.15) is 25.3 Å². The summed E-state index contributed by atoms with van der Waals surface area (Å²) in [7, 11) is 1.63. The molecule has 0 spiro atoms. The van der Waals surface area contributed by atoms with Crippen molar-refractivity contribution in [2.24, 2.45) is 0 Å². The number of ether oxygens (including phenoxy) is 1. The zero-order valence-corrected chi connectivity index (χ0v) is 10.9. The highest BCUT2D eigenvalue weighted by molar-refractivity contribution is 6.30. The molecule has 0 aliphatic heterocycles. The molecule has 1 N–H and O–H groups in total. The lowest BCUT2D eigenvalue weighted by Gasteiger charge is -2.14.